The molecule has 2 rings (SSSR count). The average molecular weight is 342 g/mol. The first-order chi connectivity index (χ1) is 9.29. The van der Waals surface area contributed by atoms with Crippen LogP contribution in [0.3, 0.4) is 0 Å². The second-order valence-electron chi connectivity index (χ2n) is 4.62. The number of nitrogens with zero attached hydrogens (tertiary/aromatic N) is 1. The van der Waals surface area contributed by atoms with Crippen LogP contribution in [0.4, 0.5) is 5.69 Å². The number of methoxy groups -OCH3 is 1. The lowest BCUT2D eigenvalue weighted by molar-refractivity contribution is -0.159. The summed E-state index contributed by atoms with van der Waals surface area (Å²) in [4.78, 5) is 36.5. The van der Waals surface area contributed by atoms with E-state index in [-0.39, 0.29) is 12.1 Å². The fourth-order valence-electron chi connectivity index (χ4n) is 2.06. The SMILES string of the molecule is COC(=O)C(C)(O)CN1C(=O)C(=O)c2cccc(Br)c21. The summed E-state index contributed by atoms with van der Waals surface area (Å²) in [6.07, 6.45) is 0. The Kier molecular flexibility index (Phi) is 3.66. The summed E-state index contributed by atoms with van der Waals surface area (Å²) in [6.45, 7) is 0.866. The molecular formula is C13H12BrNO5. The van der Waals surface area contributed by atoms with E-state index in [0.717, 1.165) is 12.0 Å². The van der Waals surface area contributed by atoms with Crippen molar-refractivity contribution in [1.82, 2.24) is 0 Å². The third-order valence-electron chi connectivity index (χ3n) is 3.03. The maximum Gasteiger partial charge on any atom is 0.339 e. The number of hydrogen-bond donors (Lipinski definition) is 1. The molecule has 1 aromatic rings. The van der Waals surface area contributed by atoms with E-state index in [4.69, 9.17) is 0 Å². The van der Waals surface area contributed by atoms with Crippen LogP contribution in [0.2, 0.25) is 0 Å². The number of esters is 1. The Morgan fingerprint density at radius 2 is 2.10 bits per heavy atom. The van der Waals surface area contributed by atoms with Gasteiger partial charge >= 0.3 is 5.97 Å². The van der Waals surface area contributed by atoms with Gasteiger partial charge in [0.15, 0.2) is 5.60 Å². The normalized spacial score (nSPS) is 16.9. The van der Waals surface area contributed by atoms with Crippen molar-refractivity contribution in [2.24, 2.45) is 0 Å². The molecule has 7 heteroatoms. The average Bonchev–Trinajstić information content (AvgIpc) is 2.64. The number of β-amino-alcohol motifs (C(OH)–C–C–N with tert-alkyl or cyclic N) is 1. The number of anilines is 1. The summed E-state index contributed by atoms with van der Waals surface area (Å²) in [5.41, 5.74) is -1.31. The molecule has 1 atom stereocenters. The molecule has 6 nitrogen and oxygen atoms in total. The van der Waals surface area contributed by atoms with Crippen molar-refractivity contribution < 1.29 is 24.2 Å². The van der Waals surface area contributed by atoms with Crippen molar-refractivity contribution in [2.75, 3.05) is 18.6 Å². The van der Waals surface area contributed by atoms with Crippen molar-refractivity contribution >= 4 is 39.3 Å². The summed E-state index contributed by atoms with van der Waals surface area (Å²) < 4.78 is 5.02. The van der Waals surface area contributed by atoms with Crippen LogP contribution in [0.25, 0.3) is 0 Å². The zero-order valence-electron chi connectivity index (χ0n) is 10.8. The molecule has 1 aliphatic rings. The summed E-state index contributed by atoms with van der Waals surface area (Å²) in [7, 11) is 1.14. The van der Waals surface area contributed by atoms with Gasteiger partial charge in [-0.05, 0) is 35.0 Å². The number of fused-ring (bicyclic) bond motifs is 1. The fraction of sp³-hybridized carbons (Fsp3) is 0.308. The van der Waals surface area contributed by atoms with E-state index < -0.39 is 23.3 Å². The molecule has 0 aliphatic carbocycles. The van der Waals surface area contributed by atoms with Gasteiger partial charge in [-0.1, -0.05) is 6.07 Å². The molecule has 1 unspecified atom stereocenters. The number of halogens is 1. The van der Waals surface area contributed by atoms with Gasteiger partial charge in [-0.15, -0.1) is 0 Å². The van der Waals surface area contributed by atoms with Gasteiger partial charge in [0, 0.05) is 4.47 Å². The monoisotopic (exact) mass is 341 g/mol. The van der Waals surface area contributed by atoms with Crippen molar-refractivity contribution in [3.8, 4) is 0 Å². The highest BCUT2D eigenvalue weighted by molar-refractivity contribution is 9.10. The van der Waals surface area contributed by atoms with Gasteiger partial charge in [0.1, 0.15) is 0 Å². The molecule has 1 N–H and O–H groups in total. The molecule has 1 aromatic carbocycles. The number of ketones is 1. The maximum atomic E-state index is 12.0. The van der Waals surface area contributed by atoms with Gasteiger partial charge in [0.2, 0.25) is 0 Å². The molecule has 0 fully saturated rings. The first-order valence-corrected chi connectivity index (χ1v) is 6.54. The molecule has 0 saturated heterocycles. The van der Waals surface area contributed by atoms with E-state index in [1.54, 1.807) is 12.1 Å². The number of carbonyl (C=O) groups excluding carboxylic acids is 3. The number of hydrogen-bond acceptors (Lipinski definition) is 5. The Hall–Kier alpha value is -1.73. The van der Waals surface area contributed by atoms with Crippen LogP contribution in [0.15, 0.2) is 22.7 Å². The molecule has 1 aliphatic heterocycles. The minimum atomic E-state index is -1.90. The molecule has 0 aromatic heterocycles. The number of carbonyl (C=O) groups is 3. The third kappa shape index (κ3) is 2.23. The standard InChI is InChI=1S/C13H12BrNO5/c1-13(19,12(18)20-2)6-15-9-7(10(16)11(15)17)4-3-5-8(9)14/h3-5,19H,6H2,1-2H3. The number of ether oxygens (including phenoxy) is 1. The topological polar surface area (TPSA) is 83.9 Å². The Bertz CT molecular complexity index is 611. The van der Waals surface area contributed by atoms with E-state index in [0.29, 0.717) is 10.2 Å². The highest BCUT2D eigenvalue weighted by Gasteiger charge is 2.43. The third-order valence-corrected chi connectivity index (χ3v) is 3.67. The lowest BCUT2D eigenvalue weighted by Gasteiger charge is -2.27. The minimum absolute atomic E-state index is 0.241. The van der Waals surface area contributed by atoms with Crippen molar-refractivity contribution in [3.63, 3.8) is 0 Å². The van der Waals surface area contributed by atoms with Crippen LogP contribution in [0, 0.1) is 0 Å². The molecule has 106 valence electrons. The molecule has 0 radical (unpaired) electrons. The van der Waals surface area contributed by atoms with Gasteiger partial charge in [-0.3, -0.25) is 9.59 Å². The van der Waals surface area contributed by atoms with Crippen LogP contribution in [-0.2, 0) is 14.3 Å². The second kappa shape index (κ2) is 4.99. The zero-order chi connectivity index (χ0) is 15.1. The second-order valence-corrected chi connectivity index (χ2v) is 5.48. The van der Waals surface area contributed by atoms with Gasteiger partial charge in [0.05, 0.1) is 24.9 Å². The molecule has 0 saturated carbocycles. The first kappa shape index (κ1) is 14.7. The Labute approximate surface area is 123 Å². The predicted molar refractivity (Wildman–Crippen MR) is 73.5 cm³/mol. The van der Waals surface area contributed by atoms with Crippen molar-refractivity contribution in [3.05, 3.63) is 28.2 Å². The van der Waals surface area contributed by atoms with E-state index in [2.05, 4.69) is 20.7 Å². The van der Waals surface area contributed by atoms with Gasteiger partial charge < -0.3 is 14.7 Å². The van der Waals surface area contributed by atoms with Crippen molar-refractivity contribution in [1.29, 1.82) is 0 Å². The lowest BCUT2D eigenvalue weighted by Crippen LogP contribution is -2.49. The number of benzene rings is 1. The van der Waals surface area contributed by atoms with Gasteiger partial charge in [0.25, 0.3) is 11.7 Å². The largest absolute Gasteiger partial charge is 0.467 e. The highest BCUT2D eigenvalue weighted by atomic mass is 79.9. The van der Waals surface area contributed by atoms with E-state index in [1.807, 2.05) is 0 Å². The Balaban J connectivity index is 2.43. The number of para-hydroxylation sites is 1. The van der Waals surface area contributed by atoms with Crippen molar-refractivity contribution in [2.45, 2.75) is 12.5 Å². The highest BCUT2D eigenvalue weighted by Crippen LogP contribution is 2.36. The summed E-state index contributed by atoms with van der Waals surface area (Å²) >= 11 is 3.26. The number of amides is 1. The van der Waals surface area contributed by atoms with E-state index in [9.17, 15) is 19.5 Å². The molecule has 1 heterocycles. The molecule has 0 spiro atoms. The Morgan fingerprint density at radius 3 is 2.70 bits per heavy atom. The van der Waals surface area contributed by atoms with E-state index in [1.165, 1.54) is 13.0 Å². The number of aliphatic hydroxyl groups is 1. The number of rotatable bonds is 3. The van der Waals surface area contributed by atoms with Crippen LogP contribution in [0.1, 0.15) is 17.3 Å². The van der Waals surface area contributed by atoms with Gasteiger partial charge in [-0.2, -0.15) is 0 Å². The molecule has 0 bridgehead atoms. The van der Waals surface area contributed by atoms with E-state index >= 15 is 0 Å². The molecule has 20 heavy (non-hydrogen) atoms. The van der Waals surface area contributed by atoms with Crippen LogP contribution < -0.4 is 4.90 Å². The van der Waals surface area contributed by atoms with Crippen LogP contribution in [-0.4, -0.2) is 42.0 Å². The predicted octanol–water partition coefficient (Wildman–Crippen LogP) is 0.902. The summed E-state index contributed by atoms with van der Waals surface area (Å²) in [6, 6.07) is 4.83. The van der Waals surface area contributed by atoms with Crippen LogP contribution in [0.5, 0.6) is 0 Å². The lowest BCUT2D eigenvalue weighted by atomic mass is 10.1. The summed E-state index contributed by atoms with van der Waals surface area (Å²) in [5, 5.41) is 10.1. The minimum Gasteiger partial charge on any atom is -0.467 e. The zero-order valence-corrected chi connectivity index (χ0v) is 12.4. The Morgan fingerprint density at radius 1 is 1.45 bits per heavy atom. The molecule has 1 amide bonds. The fourth-order valence-corrected chi connectivity index (χ4v) is 2.64. The maximum absolute atomic E-state index is 12.0. The summed E-state index contributed by atoms with van der Waals surface area (Å²) in [5.74, 6) is -2.32. The van der Waals surface area contributed by atoms with Crippen LogP contribution >= 0.6 is 15.9 Å². The smallest absolute Gasteiger partial charge is 0.339 e. The first-order valence-electron chi connectivity index (χ1n) is 5.75. The quantitative estimate of drug-likeness (QED) is 0.652. The van der Waals surface area contributed by atoms with Gasteiger partial charge in [-0.25, -0.2) is 4.79 Å². The number of Topliss-reactive ketones (excluding diaryl/α,β-unsaturated/α-hetero) is 1. The molecular weight excluding hydrogens is 330 g/mol.